The van der Waals surface area contributed by atoms with E-state index in [9.17, 15) is 4.79 Å². The zero-order valence-corrected chi connectivity index (χ0v) is 13.2. The highest BCUT2D eigenvalue weighted by atomic mass is 16.5. The second kappa shape index (κ2) is 4.85. The Hall–Kier alpha value is -1.81. The molecule has 22 heavy (non-hydrogen) atoms. The van der Waals surface area contributed by atoms with Crippen LogP contribution in [0.4, 0.5) is 0 Å². The minimum atomic E-state index is -0.186. The number of quaternary nitrogens is 1. The summed E-state index contributed by atoms with van der Waals surface area (Å²) in [4.78, 5) is 15.7. The summed E-state index contributed by atoms with van der Waals surface area (Å²) < 4.78 is 6.95. The maximum atomic E-state index is 12.5. The first-order valence-electron chi connectivity index (χ1n) is 8.16. The van der Waals surface area contributed by atoms with Gasteiger partial charge in [-0.3, -0.25) is 0 Å². The van der Waals surface area contributed by atoms with E-state index in [1.54, 1.807) is 6.20 Å². The van der Waals surface area contributed by atoms with Crippen LogP contribution < -0.4 is 0 Å². The fourth-order valence-corrected chi connectivity index (χ4v) is 4.38. The number of rotatable bonds is 2. The molecule has 2 aliphatic heterocycles. The van der Waals surface area contributed by atoms with Gasteiger partial charge >= 0.3 is 5.97 Å². The average molecular weight is 299 g/mol. The summed E-state index contributed by atoms with van der Waals surface area (Å²) in [7, 11) is 4.64. The molecule has 2 bridgehead atoms. The van der Waals surface area contributed by atoms with Crippen LogP contribution in [-0.2, 0) is 4.74 Å². The minimum Gasteiger partial charge on any atom is -0.458 e. The van der Waals surface area contributed by atoms with Crippen LogP contribution in [0.3, 0.4) is 0 Å². The number of H-pyrrole nitrogens is 1. The van der Waals surface area contributed by atoms with Gasteiger partial charge in [-0.2, -0.15) is 0 Å². The molecule has 116 valence electrons. The molecule has 0 aliphatic carbocycles. The molecule has 1 aromatic heterocycles. The monoisotopic (exact) mass is 299 g/mol. The summed E-state index contributed by atoms with van der Waals surface area (Å²) >= 11 is 0. The molecule has 0 saturated carbocycles. The van der Waals surface area contributed by atoms with E-state index in [0.717, 1.165) is 28.2 Å². The van der Waals surface area contributed by atoms with E-state index in [1.165, 1.54) is 12.8 Å². The smallest absolute Gasteiger partial charge is 0.340 e. The number of carbonyl (C=O) groups excluding carboxylic acids is 1. The summed E-state index contributed by atoms with van der Waals surface area (Å²) in [5, 5.41) is 0.947. The summed E-state index contributed by atoms with van der Waals surface area (Å²) in [6.07, 6.45) is 6.36. The number of nitrogens with one attached hydrogen (secondary N) is 1. The van der Waals surface area contributed by atoms with Gasteiger partial charge in [0.2, 0.25) is 0 Å². The van der Waals surface area contributed by atoms with Crippen molar-refractivity contribution < 1.29 is 14.0 Å². The number of hydrogen-bond donors (Lipinski definition) is 1. The van der Waals surface area contributed by atoms with Crippen molar-refractivity contribution in [1.29, 1.82) is 0 Å². The molecule has 2 aromatic rings. The number of aromatic nitrogens is 1. The largest absolute Gasteiger partial charge is 0.458 e. The Morgan fingerprint density at radius 2 is 1.86 bits per heavy atom. The normalized spacial score (nSPS) is 29.6. The first kappa shape index (κ1) is 13.8. The van der Waals surface area contributed by atoms with Crippen molar-refractivity contribution in [3.05, 3.63) is 36.0 Å². The van der Waals surface area contributed by atoms with Gasteiger partial charge in [-0.1, -0.05) is 18.2 Å². The molecule has 0 spiro atoms. The van der Waals surface area contributed by atoms with Crippen molar-refractivity contribution in [2.24, 2.45) is 0 Å². The number of piperidine rings is 1. The third-order valence-electron chi connectivity index (χ3n) is 5.87. The van der Waals surface area contributed by atoms with Gasteiger partial charge in [-0.25, -0.2) is 4.79 Å². The van der Waals surface area contributed by atoms with Gasteiger partial charge in [-0.05, 0) is 6.07 Å². The molecule has 4 heteroatoms. The SMILES string of the molecule is C[N+]1(C)[C@@H]2CC[C@H]1CC(OC(=O)c1c[nH]c3ccccc13)C2. The summed E-state index contributed by atoms with van der Waals surface area (Å²) in [5.74, 6) is -0.186. The molecule has 2 fully saturated rings. The van der Waals surface area contributed by atoms with Gasteiger partial charge < -0.3 is 14.2 Å². The highest BCUT2D eigenvalue weighted by Crippen LogP contribution is 2.40. The lowest BCUT2D eigenvalue weighted by Gasteiger charge is -2.43. The van der Waals surface area contributed by atoms with E-state index in [4.69, 9.17) is 4.74 Å². The van der Waals surface area contributed by atoms with Crippen LogP contribution in [0, 0.1) is 0 Å². The summed E-state index contributed by atoms with van der Waals surface area (Å²) in [6.45, 7) is 0. The second-order valence-electron chi connectivity index (χ2n) is 7.26. The Morgan fingerprint density at radius 3 is 2.59 bits per heavy atom. The van der Waals surface area contributed by atoms with Gasteiger partial charge in [0.15, 0.2) is 0 Å². The Bertz CT molecular complexity index is 703. The van der Waals surface area contributed by atoms with E-state index in [1.807, 2.05) is 24.3 Å². The number of benzene rings is 1. The molecule has 0 amide bonds. The molecule has 1 aromatic carbocycles. The zero-order chi connectivity index (χ0) is 15.3. The second-order valence-corrected chi connectivity index (χ2v) is 7.26. The van der Waals surface area contributed by atoms with E-state index in [0.29, 0.717) is 17.6 Å². The van der Waals surface area contributed by atoms with Crippen molar-refractivity contribution in [2.45, 2.75) is 43.9 Å². The number of ether oxygens (including phenoxy) is 1. The number of esters is 1. The maximum Gasteiger partial charge on any atom is 0.340 e. The van der Waals surface area contributed by atoms with Crippen LogP contribution in [0.25, 0.3) is 10.9 Å². The van der Waals surface area contributed by atoms with Crippen LogP contribution in [0.2, 0.25) is 0 Å². The Morgan fingerprint density at radius 1 is 1.18 bits per heavy atom. The molecule has 3 heterocycles. The first-order valence-corrected chi connectivity index (χ1v) is 8.16. The highest BCUT2D eigenvalue weighted by Gasteiger charge is 2.49. The molecular weight excluding hydrogens is 276 g/mol. The summed E-state index contributed by atoms with van der Waals surface area (Å²) in [6, 6.07) is 9.14. The predicted molar refractivity (Wildman–Crippen MR) is 85.7 cm³/mol. The van der Waals surface area contributed by atoms with Crippen LogP contribution in [-0.4, -0.2) is 47.7 Å². The van der Waals surface area contributed by atoms with Crippen molar-refractivity contribution >= 4 is 16.9 Å². The number of aromatic amines is 1. The average Bonchev–Trinajstić information content (AvgIpc) is 2.94. The van der Waals surface area contributed by atoms with Crippen molar-refractivity contribution in [3.63, 3.8) is 0 Å². The molecule has 1 N–H and O–H groups in total. The van der Waals surface area contributed by atoms with E-state index in [-0.39, 0.29) is 12.1 Å². The minimum absolute atomic E-state index is 0.0739. The lowest BCUT2D eigenvalue weighted by atomic mass is 9.98. The Kier molecular flexibility index (Phi) is 3.05. The molecule has 2 aliphatic rings. The lowest BCUT2D eigenvalue weighted by Crippen LogP contribution is -2.56. The molecule has 1 unspecified atom stereocenters. The molecular formula is C18H23N2O2+. The molecule has 2 saturated heterocycles. The summed E-state index contributed by atoms with van der Waals surface area (Å²) in [5.41, 5.74) is 1.64. The number of nitrogens with zero attached hydrogens (tertiary/aromatic N) is 1. The van der Waals surface area contributed by atoms with E-state index in [2.05, 4.69) is 19.1 Å². The van der Waals surface area contributed by atoms with Crippen LogP contribution in [0.15, 0.2) is 30.5 Å². The van der Waals surface area contributed by atoms with Gasteiger partial charge in [-0.15, -0.1) is 0 Å². The first-order chi connectivity index (χ1) is 10.6. The molecule has 4 nitrogen and oxygen atoms in total. The van der Waals surface area contributed by atoms with Crippen LogP contribution in [0.5, 0.6) is 0 Å². The third kappa shape index (κ3) is 2.05. The van der Waals surface area contributed by atoms with Crippen LogP contribution in [0.1, 0.15) is 36.0 Å². The molecule has 4 rings (SSSR count). The molecule has 0 radical (unpaired) electrons. The van der Waals surface area contributed by atoms with Crippen LogP contribution >= 0.6 is 0 Å². The van der Waals surface area contributed by atoms with Crippen molar-refractivity contribution in [1.82, 2.24) is 4.98 Å². The number of carbonyl (C=O) groups is 1. The Labute approximate surface area is 130 Å². The zero-order valence-electron chi connectivity index (χ0n) is 13.2. The number of para-hydroxylation sites is 1. The topological polar surface area (TPSA) is 42.1 Å². The van der Waals surface area contributed by atoms with E-state index < -0.39 is 0 Å². The number of hydrogen-bond acceptors (Lipinski definition) is 2. The highest BCUT2D eigenvalue weighted by molar-refractivity contribution is 6.04. The molecule has 3 atom stereocenters. The number of fused-ring (bicyclic) bond motifs is 3. The van der Waals surface area contributed by atoms with Crippen molar-refractivity contribution in [2.75, 3.05) is 14.1 Å². The maximum absolute atomic E-state index is 12.5. The van der Waals surface area contributed by atoms with Gasteiger partial charge in [0, 0.05) is 42.8 Å². The quantitative estimate of drug-likeness (QED) is 0.684. The van der Waals surface area contributed by atoms with Gasteiger partial charge in [0.25, 0.3) is 0 Å². The predicted octanol–water partition coefficient (Wildman–Crippen LogP) is 3.09. The van der Waals surface area contributed by atoms with Gasteiger partial charge in [0.1, 0.15) is 6.10 Å². The van der Waals surface area contributed by atoms with Gasteiger partial charge in [0.05, 0.1) is 31.7 Å². The lowest BCUT2D eigenvalue weighted by molar-refractivity contribution is -0.931. The van der Waals surface area contributed by atoms with E-state index >= 15 is 0 Å². The fourth-order valence-electron chi connectivity index (χ4n) is 4.38. The third-order valence-corrected chi connectivity index (χ3v) is 5.87. The fraction of sp³-hybridized carbons (Fsp3) is 0.500. The van der Waals surface area contributed by atoms with Crippen molar-refractivity contribution in [3.8, 4) is 0 Å². The standard InChI is InChI=1S/C18H22N2O2/c1-20(2)12-7-8-13(20)10-14(9-12)22-18(21)16-11-19-17-6-4-3-5-15(16)17/h3-6,11-14H,7-10H2,1-2H3/p+1/t12-,13+,14?. The Balaban J connectivity index is 1.51.